The fraction of sp³-hybridized carbons (Fsp3) is 0.700. The number of ether oxygens (including phenoxy) is 2. The molecule has 2 atom stereocenters. The van der Waals surface area contributed by atoms with Crippen molar-refractivity contribution >= 4 is 21.4 Å². The molecule has 156 valence electrons. The van der Waals surface area contributed by atoms with Crippen LogP contribution in [0.2, 0.25) is 5.02 Å². The van der Waals surface area contributed by atoms with Crippen LogP contribution in [0.15, 0.2) is 23.1 Å². The van der Waals surface area contributed by atoms with Crippen LogP contribution in [-0.4, -0.2) is 57.8 Å². The van der Waals surface area contributed by atoms with Gasteiger partial charge in [-0.15, -0.1) is 0 Å². The van der Waals surface area contributed by atoms with Crippen LogP contribution in [0.4, 0.5) is 0 Å². The first kappa shape index (κ1) is 20.6. The molecular weight excluding hydrogens is 400 g/mol. The number of rotatable bonds is 4. The summed E-state index contributed by atoms with van der Waals surface area (Å²) in [6.45, 7) is 5.01. The molecular formula is C20H29ClN2O4S. The second-order valence-electron chi connectivity index (χ2n) is 8.26. The summed E-state index contributed by atoms with van der Waals surface area (Å²) in [5.74, 6) is 0. The monoisotopic (exact) mass is 428 g/mol. The lowest BCUT2D eigenvalue weighted by atomic mass is 9.88. The Balaban J connectivity index is 1.64. The van der Waals surface area contributed by atoms with Crippen molar-refractivity contribution in [3.63, 3.8) is 0 Å². The first-order valence-electron chi connectivity index (χ1n) is 10.1. The molecule has 0 radical (unpaired) electrons. The van der Waals surface area contributed by atoms with Gasteiger partial charge in [-0.25, -0.2) is 8.42 Å². The third-order valence-electron chi connectivity index (χ3n) is 6.17. The Morgan fingerprint density at radius 2 is 1.93 bits per heavy atom. The summed E-state index contributed by atoms with van der Waals surface area (Å²) in [4.78, 5) is 0.162. The summed E-state index contributed by atoms with van der Waals surface area (Å²) in [5, 5.41) is 7.21. The molecule has 0 amide bonds. The molecule has 0 bridgehead atoms. The summed E-state index contributed by atoms with van der Waals surface area (Å²) in [6, 6.07) is 5.10. The number of sulfone groups is 1. The SMILES string of the molecule is Cc1ccc(S(=O)(=O)C2OC3(CCNCC3)CC2NC2CCOCC2)c(Cl)c1. The Morgan fingerprint density at radius 3 is 2.61 bits per heavy atom. The summed E-state index contributed by atoms with van der Waals surface area (Å²) in [7, 11) is -3.73. The van der Waals surface area contributed by atoms with Gasteiger partial charge in [-0.05, 0) is 69.8 Å². The third kappa shape index (κ3) is 4.11. The van der Waals surface area contributed by atoms with Crippen LogP contribution in [0.1, 0.15) is 37.7 Å². The lowest BCUT2D eigenvalue weighted by Gasteiger charge is -2.33. The quantitative estimate of drug-likeness (QED) is 0.767. The molecule has 2 N–H and O–H groups in total. The molecule has 1 spiro atoms. The zero-order valence-corrected chi connectivity index (χ0v) is 17.8. The van der Waals surface area contributed by atoms with E-state index in [2.05, 4.69) is 10.6 Å². The Hall–Kier alpha value is -0.700. The fourth-order valence-electron chi connectivity index (χ4n) is 4.62. The van der Waals surface area contributed by atoms with Gasteiger partial charge in [0, 0.05) is 19.3 Å². The van der Waals surface area contributed by atoms with Crippen molar-refractivity contribution in [2.24, 2.45) is 0 Å². The van der Waals surface area contributed by atoms with Crippen molar-refractivity contribution in [3.8, 4) is 0 Å². The maximum absolute atomic E-state index is 13.6. The van der Waals surface area contributed by atoms with E-state index < -0.39 is 15.3 Å². The van der Waals surface area contributed by atoms with Gasteiger partial charge in [0.25, 0.3) is 0 Å². The first-order chi connectivity index (χ1) is 13.4. The largest absolute Gasteiger partial charge is 0.381 e. The zero-order valence-electron chi connectivity index (χ0n) is 16.2. The molecule has 8 heteroatoms. The van der Waals surface area contributed by atoms with Crippen LogP contribution in [0.25, 0.3) is 0 Å². The van der Waals surface area contributed by atoms with Crippen LogP contribution < -0.4 is 10.6 Å². The van der Waals surface area contributed by atoms with Gasteiger partial charge in [0.05, 0.1) is 21.6 Å². The van der Waals surface area contributed by atoms with Gasteiger partial charge in [-0.1, -0.05) is 17.7 Å². The number of nitrogens with one attached hydrogen (secondary N) is 2. The normalized spacial score (nSPS) is 28.6. The maximum Gasteiger partial charge on any atom is 0.208 e. The Kier molecular flexibility index (Phi) is 6.03. The second kappa shape index (κ2) is 8.20. The van der Waals surface area contributed by atoms with Crippen LogP contribution in [-0.2, 0) is 19.3 Å². The molecule has 3 aliphatic heterocycles. The highest BCUT2D eigenvalue weighted by molar-refractivity contribution is 7.92. The van der Waals surface area contributed by atoms with Gasteiger partial charge in [0.1, 0.15) is 0 Å². The third-order valence-corrected chi connectivity index (χ3v) is 8.60. The van der Waals surface area contributed by atoms with Crippen molar-refractivity contribution < 1.29 is 17.9 Å². The molecule has 0 aromatic heterocycles. The van der Waals surface area contributed by atoms with Crippen LogP contribution >= 0.6 is 11.6 Å². The number of hydrogen-bond acceptors (Lipinski definition) is 6. The average molecular weight is 429 g/mol. The number of aryl methyl sites for hydroxylation is 1. The van der Waals surface area contributed by atoms with E-state index in [4.69, 9.17) is 21.1 Å². The smallest absolute Gasteiger partial charge is 0.208 e. The molecule has 6 nitrogen and oxygen atoms in total. The number of halogens is 1. The van der Waals surface area contributed by atoms with E-state index in [9.17, 15) is 8.42 Å². The number of benzene rings is 1. The first-order valence-corrected chi connectivity index (χ1v) is 12.0. The van der Waals surface area contributed by atoms with Gasteiger partial charge in [0.15, 0.2) is 5.44 Å². The van der Waals surface area contributed by atoms with Crippen molar-refractivity contribution in [2.75, 3.05) is 26.3 Å². The van der Waals surface area contributed by atoms with Gasteiger partial charge < -0.3 is 20.1 Å². The Labute approximate surface area is 172 Å². The van der Waals surface area contributed by atoms with Gasteiger partial charge in [-0.2, -0.15) is 0 Å². The van der Waals surface area contributed by atoms with Crippen LogP contribution in [0, 0.1) is 6.92 Å². The molecule has 0 saturated carbocycles. The minimum Gasteiger partial charge on any atom is -0.381 e. The standard InChI is InChI=1S/C20H29ClN2O4S/c1-14-2-3-18(16(21)12-14)28(24,25)19-17(23-15-4-10-26-11-5-15)13-20(27-19)6-8-22-9-7-20/h2-3,12,15,17,19,22-23H,4-11,13H2,1H3. The fourth-order valence-corrected chi connectivity index (χ4v) is 6.96. The highest BCUT2D eigenvalue weighted by atomic mass is 35.5. The number of hydrogen-bond donors (Lipinski definition) is 2. The summed E-state index contributed by atoms with van der Waals surface area (Å²) in [6.07, 6.45) is 4.14. The summed E-state index contributed by atoms with van der Waals surface area (Å²) >= 11 is 6.33. The van der Waals surface area contributed by atoms with E-state index in [0.717, 1.165) is 44.3 Å². The van der Waals surface area contributed by atoms with E-state index in [-0.39, 0.29) is 27.6 Å². The lowest BCUT2D eigenvalue weighted by Crippen LogP contribution is -2.47. The van der Waals surface area contributed by atoms with E-state index in [1.165, 1.54) is 0 Å². The topological polar surface area (TPSA) is 76.7 Å². The van der Waals surface area contributed by atoms with Gasteiger partial charge in [-0.3, -0.25) is 0 Å². The molecule has 3 aliphatic rings. The predicted molar refractivity (Wildman–Crippen MR) is 108 cm³/mol. The zero-order chi connectivity index (χ0) is 19.8. The highest BCUT2D eigenvalue weighted by Gasteiger charge is 2.52. The predicted octanol–water partition coefficient (Wildman–Crippen LogP) is 2.43. The molecule has 28 heavy (non-hydrogen) atoms. The van der Waals surface area contributed by atoms with Crippen molar-refractivity contribution in [2.45, 2.75) is 67.0 Å². The minimum absolute atomic E-state index is 0.162. The molecule has 1 aromatic rings. The lowest BCUT2D eigenvalue weighted by molar-refractivity contribution is -0.0344. The van der Waals surface area contributed by atoms with E-state index in [1.54, 1.807) is 18.2 Å². The van der Waals surface area contributed by atoms with Crippen molar-refractivity contribution in [1.82, 2.24) is 10.6 Å². The van der Waals surface area contributed by atoms with E-state index in [0.29, 0.717) is 19.6 Å². The number of piperidine rings is 1. The molecule has 1 aromatic carbocycles. The minimum atomic E-state index is -3.73. The second-order valence-corrected chi connectivity index (χ2v) is 10.7. The van der Waals surface area contributed by atoms with Crippen molar-refractivity contribution in [3.05, 3.63) is 28.8 Å². The molecule has 3 saturated heterocycles. The van der Waals surface area contributed by atoms with E-state index >= 15 is 0 Å². The van der Waals surface area contributed by atoms with Crippen molar-refractivity contribution in [1.29, 1.82) is 0 Å². The van der Waals surface area contributed by atoms with Gasteiger partial charge >= 0.3 is 0 Å². The Bertz CT molecular complexity index is 804. The maximum atomic E-state index is 13.6. The van der Waals surface area contributed by atoms with Gasteiger partial charge in [0.2, 0.25) is 9.84 Å². The molecule has 2 unspecified atom stereocenters. The Morgan fingerprint density at radius 1 is 1.21 bits per heavy atom. The van der Waals surface area contributed by atoms with Crippen LogP contribution in [0.5, 0.6) is 0 Å². The molecule has 3 fully saturated rings. The highest BCUT2D eigenvalue weighted by Crippen LogP contribution is 2.42. The van der Waals surface area contributed by atoms with E-state index in [1.807, 2.05) is 6.92 Å². The summed E-state index contributed by atoms with van der Waals surface area (Å²) in [5.41, 5.74) is -0.375. The summed E-state index contributed by atoms with van der Waals surface area (Å²) < 4.78 is 38.9. The molecule has 3 heterocycles. The van der Waals surface area contributed by atoms with Crippen LogP contribution in [0.3, 0.4) is 0 Å². The average Bonchev–Trinajstić information content (AvgIpc) is 3.01. The molecule has 0 aliphatic carbocycles. The molecule has 4 rings (SSSR count).